The van der Waals surface area contributed by atoms with Crippen LogP contribution in [0, 0.1) is 11.8 Å². The predicted octanol–water partition coefficient (Wildman–Crippen LogP) is 4.13. The Labute approximate surface area is 102 Å². The molecule has 4 unspecified atom stereocenters. The van der Waals surface area contributed by atoms with Crippen LogP contribution >= 0.6 is 11.8 Å². The minimum absolute atomic E-state index is 0.717. The molecule has 4 atom stereocenters. The van der Waals surface area contributed by atoms with Gasteiger partial charge in [0.05, 0.1) is 0 Å². The van der Waals surface area contributed by atoms with Gasteiger partial charge in [-0.1, -0.05) is 48.1 Å². The van der Waals surface area contributed by atoms with Gasteiger partial charge in [-0.05, 0) is 25.7 Å². The second-order valence-electron chi connectivity index (χ2n) is 4.90. The fourth-order valence-corrected chi connectivity index (χ4v) is 4.93. The van der Waals surface area contributed by atoms with Gasteiger partial charge in [0.1, 0.15) is 0 Å². The summed E-state index contributed by atoms with van der Waals surface area (Å²) >= 11 is 2.17. The fraction of sp³-hybridized carbons (Fsp3) is 0.467. The van der Waals surface area contributed by atoms with E-state index in [2.05, 4.69) is 61.2 Å². The molecule has 1 saturated heterocycles. The van der Waals surface area contributed by atoms with Crippen LogP contribution in [-0.2, 0) is 0 Å². The molecule has 3 rings (SSSR count). The van der Waals surface area contributed by atoms with E-state index >= 15 is 0 Å². The first-order chi connectivity index (χ1) is 7.86. The standard InChI is InChI=1S/C15H18S/c1-11-7-3-2-4-10-14-15(11)12-8-5-6-9-13(12)16-14/h2,4-9,12-15H,3,10H2,1H3. The molecule has 0 spiro atoms. The number of allylic oxidation sites excluding steroid dienone is 7. The highest BCUT2D eigenvalue weighted by atomic mass is 32.2. The normalized spacial score (nSPS) is 40.9. The molecule has 1 aliphatic heterocycles. The summed E-state index contributed by atoms with van der Waals surface area (Å²) in [6, 6.07) is 0. The van der Waals surface area contributed by atoms with Crippen LogP contribution < -0.4 is 0 Å². The monoisotopic (exact) mass is 230 g/mol. The minimum atomic E-state index is 0.717. The lowest BCUT2D eigenvalue weighted by Gasteiger charge is -2.25. The quantitative estimate of drug-likeness (QED) is 0.564. The summed E-state index contributed by atoms with van der Waals surface area (Å²) in [6.45, 7) is 2.33. The van der Waals surface area contributed by atoms with E-state index < -0.39 is 0 Å². The molecule has 1 heterocycles. The molecule has 0 aromatic heterocycles. The lowest BCUT2D eigenvalue weighted by atomic mass is 9.79. The van der Waals surface area contributed by atoms with E-state index in [9.17, 15) is 0 Å². The maximum Gasteiger partial charge on any atom is 0.0302 e. The summed E-state index contributed by atoms with van der Waals surface area (Å²) in [5.74, 6) is 1.50. The topological polar surface area (TPSA) is 0 Å². The van der Waals surface area contributed by atoms with E-state index in [-0.39, 0.29) is 0 Å². The summed E-state index contributed by atoms with van der Waals surface area (Å²) in [5, 5.41) is 1.50. The van der Waals surface area contributed by atoms with Gasteiger partial charge >= 0.3 is 0 Å². The first kappa shape index (κ1) is 10.5. The largest absolute Gasteiger partial charge is 0.149 e. The van der Waals surface area contributed by atoms with Crippen LogP contribution in [0.1, 0.15) is 19.8 Å². The smallest absolute Gasteiger partial charge is 0.0302 e. The van der Waals surface area contributed by atoms with Gasteiger partial charge in [-0.2, -0.15) is 0 Å². The van der Waals surface area contributed by atoms with Crippen LogP contribution in [0.5, 0.6) is 0 Å². The van der Waals surface area contributed by atoms with Crippen LogP contribution in [0.4, 0.5) is 0 Å². The molecule has 3 aliphatic rings. The fourth-order valence-electron chi connectivity index (χ4n) is 3.11. The molecule has 84 valence electrons. The second-order valence-corrected chi connectivity index (χ2v) is 6.33. The third kappa shape index (κ3) is 1.71. The average Bonchev–Trinajstić information content (AvgIpc) is 2.63. The van der Waals surface area contributed by atoms with Crippen molar-refractivity contribution < 1.29 is 0 Å². The lowest BCUT2D eigenvalue weighted by Crippen LogP contribution is -2.22. The third-order valence-corrected chi connectivity index (χ3v) is 5.53. The number of hydrogen-bond acceptors (Lipinski definition) is 1. The molecule has 0 nitrogen and oxygen atoms in total. The van der Waals surface area contributed by atoms with Crippen molar-refractivity contribution in [1.82, 2.24) is 0 Å². The van der Waals surface area contributed by atoms with Crippen molar-refractivity contribution in [3.05, 3.63) is 48.1 Å². The number of thioether (sulfide) groups is 1. The van der Waals surface area contributed by atoms with Crippen LogP contribution in [0.15, 0.2) is 48.1 Å². The van der Waals surface area contributed by atoms with Crippen LogP contribution in [0.2, 0.25) is 0 Å². The van der Waals surface area contributed by atoms with Gasteiger partial charge in [0, 0.05) is 16.4 Å². The van der Waals surface area contributed by atoms with E-state index in [1.54, 1.807) is 5.57 Å². The number of rotatable bonds is 0. The second kappa shape index (κ2) is 4.29. The van der Waals surface area contributed by atoms with Gasteiger partial charge in [0.25, 0.3) is 0 Å². The Morgan fingerprint density at radius 3 is 3.00 bits per heavy atom. The zero-order chi connectivity index (χ0) is 11.0. The van der Waals surface area contributed by atoms with Crippen molar-refractivity contribution in [3.63, 3.8) is 0 Å². The Hall–Kier alpha value is -0.690. The molecule has 0 amide bonds. The Balaban J connectivity index is 1.94. The Kier molecular flexibility index (Phi) is 2.81. The molecule has 2 aliphatic carbocycles. The van der Waals surface area contributed by atoms with Gasteiger partial charge in [0.2, 0.25) is 0 Å². The molecule has 1 heteroatoms. The summed E-state index contributed by atoms with van der Waals surface area (Å²) in [4.78, 5) is 0. The van der Waals surface area contributed by atoms with Gasteiger partial charge in [-0.15, -0.1) is 11.8 Å². The van der Waals surface area contributed by atoms with Crippen molar-refractivity contribution in [3.8, 4) is 0 Å². The highest BCUT2D eigenvalue weighted by Crippen LogP contribution is 2.50. The molecule has 0 bridgehead atoms. The first-order valence-electron chi connectivity index (χ1n) is 6.18. The zero-order valence-corrected chi connectivity index (χ0v) is 10.5. The summed E-state index contributed by atoms with van der Waals surface area (Å²) in [7, 11) is 0. The Morgan fingerprint density at radius 1 is 1.19 bits per heavy atom. The molecule has 0 saturated carbocycles. The highest BCUT2D eigenvalue weighted by molar-refractivity contribution is 8.01. The van der Waals surface area contributed by atoms with Crippen molar-refractivity contribution in [2.75, 3.05) is 0 Å². The maximum absolute atomic E-state index is 2.42. The van der Waals surface area contributed by atoms with E-state index in [0.717, 1.165) is 28.8 Å². The lowest BCUT2D eigenvalue weighted by molar-refractivity contribution is 0.473. The summed E-state index contributed by atoms with van der Waals surface area (Å²) < 4.78 is 0. The van der Waals surface area contributed by atoms with Crippen molar-refractivity contribution in [2.24, 2.45) is 11.8 Å². The third-order valence-electron chi connectivity index (χ3n) is 3.91. The van der Waals surface area contributed by atoms with Crippen LogP contribution in [0.25, 0.3) is 0 Å². The highest BCUT2D eigenvalue weighted by Gasteiger charge is 2.42. The Morgan fingerprint density at radius 2 is 2.06 bits per heavy atom. The number of fused-ring (bicyclic) bond motifs is 3. The SMILES string of the molecule is CC1=CCC=CCC2SC3C=CC=CC3C12. The minimum Gasteiger partial charge on any atom is -0.149 e. The zero-order valence-electron chi connectivity index (χ0n) is 9.67. The molecule has 0 aromatic rings. The number of hydrogen-bond donors (Lipinski definition) is 0. The molecular formula is C15H18S. The van der Waals surface area contributed by atoms with Gasteiger partial charge in [-0.25, -0.2) is 0 Å². The summed E-state index contributed by atoms with van der Waals surface area (Å²) in [5.41, 5.74) is 1.61. The van der Waals surface area contributed by atoms with Gasteiger partial charge < -0.3 is 0 Å². The molecule has 0 aromatic carbocycles. The van der Waals surface area contributed by atoms with Crippen LogP contribution in [0.3, 0.4) is 0 Å². The molecule has 16 heavy (non-hydrogen) atoms. The average molecular weight is 230 g/mol. The molecule has 0 N–H and O–H groups in total. The maximum atomic E-state index is 2.42. The van der Waals surface area contributed by atoms with E-state index in [4.69, 9.17) is 0 Å². The molecule has 0 radical (unpaired) electrons. The predicted molar refractivity (Wildman–Crippen MR) is 72.6 cm³/mol. The van der Waals surface area contributed by atoms with Crippen molar-refractivity contribution in [1.29, 1.82) is 0 Å². The van der Waals surface area contributed by atoms with Crippen LogP contribution in [-0.4, -0.2) is 10.5 Å². The van der Waals surface area contributed by atoms with Crippen molar-refractivity contribution in [2.45, 2.75) is 30.3 Å². The van der Waals surface area contributed by atoms with E-state index in [0.29, 0.717) is 0 Å². The first-order valence-corrected chi connectivity index (χ1v) is 7.12. The molecule has 1 fully saturated rings. The summed E-state index contributed by atoms with van der Waals surface area (Å²) in [6.07, 6.45) is 18.7. The van der Waals surface area contributed by atoms with Gasteiger partial charge in [-0.3, -0.25) is 0 Å². The Bertz CT molecular complexity index is 386. The van der Waals surface area contributed by atoms with E-state index in [1.807, 2.05) is 0 Å². The van der Waals surface area contributed by atoms with Crippen molar-refractivity contribution >= 4 is 11.8 Å². The van der Waals surface area contributed by atoms with Gasteiger partial charge in [0.15, 0.2) is 0 Å². The molecular weight excluding hydrogens is 212 g/mol. The van der Waals surface area contributed by atoms with E-state index in [1.165, 1.54) is 6.42 Å².